The third-order valence-corrected chi connectivity index (χ3v) is 5.34. The third kappa shape index (κ3) is 1.58. The maximum Gasteiger partial charge on any atom is 0.123 e. The normalized spacial score (nSPS) is 40.8. The second kappa shape index (κ2) is 3.74. The van der Waals surface area contributed by atoms with Crippen molar-refractivity contribution in [3.05, 3.63) is 29.8 Å². The Kier molecular flexibility index (Phi) is 2.25. The van der Waals surface area contributed by atoms with Crippen LogP contribution in [0, 0.1) is 11.8 Å². The van der Waals surface area contributed by atoms with Gasteiger partial charge in [0.2, 0.25) is 0 Å². The van der Waals surface area contributed by atoms with Gasteiger partial charge in [-0.2, -0.15) is 0 Å². The molecule has 18 heavy (non-hydrogen) atoms. The summed E-state index contributed by atoms with van der Waals surface area (Å²) in [6, 6.07) is 8.41. The fraction of sp³-hybridized carbons (Fsp3) is 0.625. The molecule has 0 aromatic heterocycles. The number of rotatable bonds is 2. The van der Waals surface area contributed by atoms with E-state index in [1.165, 1.54) is 31.2 Å². The number of fused-ring (bicyclic) bond motifs is 3. The zero-order chi connectivity index (χ0) is 12.2. The highest BCUT2D eigenvalue weighted by Crippen LogP contribution is 2.52. The van der Waals surface area contributed by atoms with E-state index < -0.39 is 0 Å². The molecular formula is C16H21NO. The smallest absolute Gasteiger partial charge is 0.123 e. The van der Waals surface area contributed by atoms with Gasteiger partial charge in [0.05, 0.1) is 0 Å². The largest absolute Gasteiger partial charge is 0.490 e. The van der Waals surface area contributed by atoms with Crippen LogP contribution in [0.25, 0.3) is 0 Å². The molecule has 3 aliphatic rings. The topological polar surface area (TPSA) is 35.2 Å². The summed E-state index contributed by atoms with van der Waals surface area (Å²) < 4.78 is 6.06. The molecule has 4 unspecified atom stereocenters. The Hall–Kier alpha value is -1.02. The van der Waals surface area contributed by atoms with Crippen LogP contribution in [0.1, 0.15) is 37.7 Å². The van der Waals surface area contributed by atoms with Gasteiger partial charge in [-0.05, 0) is 42.7 Å². The van der Waals surface area contributed by atoms with E-state index in [0.29, 0.717) is 6.10 Å². The first kappa shape index (κ1) is 10.9. The Bertz CT molecular complexity index is 447. The van der Waals surface area contributed by atoms with Crippen molar-refractivity contribution in [2.75, 3.05) is 0 Å². The first-order valence-electron chi connectivity index (χ1n) is 7.26. The molecular weight excluding hydrogens is 222 g/mol. The van der Waals surface area contributed by atoms with Gasteiger partial charge in [-0.1, -0.05) is 24.6 Å². The predicted molar refractivity (Wildman–Crippen MR) is 71.5 cm³/mol. The number of hydrogen-bond donors (Lipinski definition) is 1. The van der Waals surface area contributed by atoms with Gasteiger partial charge in [-0.3, -0.25) is 0 Å². The predicted octanol–water partition coefficient (Wildman–Crippen LogP) is 2.90. The van der Waals surface area contributed by atoms with E-state index >= 15 is 0 Å². The number of ether oxygens (including phenoxy) is 1. The van der Waals surface area contributed by atoms with Crippen LogP contribution in [-0.2, 0) is 6.42 Å². The zero-order valence-corrected chi connectivity index (χ0v) is 10.8. The lowest BCUT2D eigenvalue weighted by Gasteiger charge is -2.35. The summed E-state index contributed by atoms with van der Waals surface area (Å²) in [6.07, 6.45) is 7.77. The standard InChI is InChI=1S/C16H21NO/c17-16(9-11-5-6-13(16)7-11)10-14-8-12-3-1-2-4-15(12)18-14/h1-4,11,13-14H,5-10,17H2. The summed E-state index contributed by atoms with van der Waals surface area (Å²) in [7, 11) is 0. The summed E-state index contributed by atoms with van der Waals surface area (Å²) in [4.78, 5) is 0. The Balaban J connectivity index is 1.48. The van der Waals surface area contributed by atoms with Crippen LogP contribution in [0.3, 0.4) is 0 Å². The Morgan fingerprint density at radius 2 is 2.17 bits per heavy atom. The highest BCUT2D eigenvalue weighted by atomic mass is 16.5. The summed E-state index contributed by atoms with van der Waals surface area (Å²) in [5.41, 5.74) is 8.10. The summed E-state index contributed by atoms with van der Waals surface area (Å²) in [6.45, 7) is 0. The summed E-state index contributed by atoms with van der Waals surface area (Å²) in [5, 5.41) is 0. The fourth-order valence-corrected chi connectivity index (χ4v) is 4.53. The van der Waals surface area contributed by atoms with Crippen molar-refractivity contribution in [1.82, 2.24) is 0 Å². The molecule has 1 aliphatic heterocycles. The number of benzene rings is 1. The van der Waals surface area contributed by atoms with Crippen molar-refractivity contribution in [3.63, 3.8) is 0 Å². The Morgan fingerprint density at radius 1 is 1.28 bits per heavy atom. The lowest BCUT2D eigenvalue weighted by Crippen LogP contribution is -2.48. The van der Waals surface area contributed by atoms with E-state index in [9.17, 15) is 0 Å². The maximum absolute atomic E-state index is 6.68. The molecule has 2 fully saturated rings. The quantitative estimate of drug-likeness (QED) is 0.867. The Labute approximate surface area is 109 Å². The molecule has 0 amide bonds. The minimum Gasteiger partial charge on any atom is -0.490 e. The van der Waals surface area contributed by atoms with Gasteiger partial charge in [-0.15, -0.1) is 0 Å². The SMILES string of the molecule is NC1(CC2Cc3ccccc3O2)CC2CCC1C2. The molecule has 2 aliphatic carbocycles. The monoisotopic (exact) mass is 243 g/mol. The van der Waals surface area contributed by atoms with Crippen molar-refractivity contribution in [1.29, 1.82) is 0 Å². The molecule has 0 spiro atoms. The molecule has 1 heterocycles. The second-order valence-electron chi connectivity index (χ2n) is 6.57. The molecule has 4 atom stereocenters. The van der Waals surface area contributed by atoms with E-state index in [1.54, 1.807) is 0 Å². The molecule has 4 rings (SSSR count). The second-order valence-corrected chi connectivity index (χ2v) is 6.57. The minimum absolute atomic E-state index is 0.0651. The van der Waals surface area contributed by atoms with Gasteiger partial charge in [0, 0.05) is 18.4 Å². The first-order chi connectivity index (χ1) is 8.73. The third-order valence-electron chi connectivity index (χ3n) is 5.34. The molecule has 2 nitrogen and oxygen atoms in total. The van der Waals surface area contributed by atoms with E-state index in [0.717, 1.165) is 30.4 Å². The van der Waals surface area contributed by atoms with Gasteiger partial charge in [-0.25, -0.2) is 0 Å². The van der Waals surface area contributed by atoms with Crippen LogP contribution < -0.4 is 10.5 Å². The van der Waals surface area contributed by atoms with Crippen LogP contribution >= 0.6 is 0 Å². The van der Waals surface area contributed by atoms with Gasteiger partial charge < -0.3 is 10.5 Å². The van der Waals surface area contributed by atoms with Crippen LogP contribution in [0.2, 0.25) is 0 Å². The van der Waals surface area contributed by atoms with Gasteiger partial charge >= 0.3 is 0 Å². The van der Waals surface area contributed by atoms with Crippen molar-refractivity contribution in [2.45, 2.75) is 50.2 Å². The molecule has 2 bridgehead atoms. The van der Waals surface area contributed by atoms with Gasteiger partial charge in [0.15, 0.2) is 0 Å². The number of hydrogen-bond acceptors (Lipinski definition) is 2. The van der Waals surface area contributed by atoms with Crippen LogP contribution in [-0.4, -0.2) is 11.6 Å². The zero-order valence-electron chi connectivity index (χ0n) is 10.8. The average Bonchev–Trinajstić information content (AvgIpc) is 3.00. The fourth-order valence-electron chi connectivity index (χ4n) is 4.53. The lowest BCUT2D eigenvalue weighted by atomic mass is 9.77. The maximum atomic E-state index is 6.68. The van der Waals surface area contributed by atoms with Crippen molar-refractivity contribution in [2.24, 2.45) is 17.6 Å². The highest BCUT2D eigenvalue weighted by Gasteiger charge is 2.49. The van der Waals surface area contributed by atoms with Crippen molar-refractivity contribution >= 4 is 0 Å². The molecule has 2 N–H and O–H groups in total. The van der Waals surface area contributed by atoms with Gasteiger partial charge in [0.1, 0.15) is 11.9 Å². The minimum atomic E-state index is 0.0651. The Morgan fingerprint density at radius 3 is 2.89 bits per heavy atom. The van der Waals surface area contributed by atoms with Crippen molar-refractivity contribution < 1.29 is 4.74 Å². The van der Waals surface area contributed by atoms with E-state index in [2.05, 4.69) is 24.3 Å². The highest BCUT2D eigenvalue weighted by molar-refractivity contribution is 5.37. The molecule has 1 aromatic carbocycles. The molecule has 2 saturated carbocycles. The molecule has 0 radical (unpaired) electrons. The lowest BCUT2D eigenvalue weighted by molar-refractivity contribution is 0.144. The summed E-state index contributed by atoms with van der Waals surface area (Å²) >= 11 is 0. The van der Waals surface area contributed by atoms with Crippen LogP contribution in [0.15, 0.2) is 24.3 Å². The summed E-state index contributed by atoms with van der Waals surface area (Å²) in [5.74, 6) is 2.74. The number of nitrogens with two attached hydrogens (primary N) is 1. The molecule has 1 aromatic rings. The van der Waals surface area contributed by atoms with E-state index in [1.807, 2.05) is 0 Å². The molecule has 2 heteroatoms. The molecule has 96 valence electrons. The first-order valence-corrected chi connectivity index (χ1v) is 7.26. The van der Waals surface area contributed by atoms with Gasteiger partial charge in [0.25, 0.3) is 0 Å². The van der Waals surface area contributed by atoms with Crippen LogP contribution in [0.5, 0.6) is 5.75 Å². The average molecular weight is 243 g/mol. The van der Waals surface area contributed by atoms with Crippen molar-refractivity contribution in [3.8, 4) is 5.75 Å². The van der Waals surface area contributed by atoms with E-state index in [4.69, 9.17) is 10.5 Å². The molecule has 0 saturated heterocycles. The van der Waals surface area contributed by atoms with Crippen LogP contribution in [0.4, 0.5) is 0 Å². The van der Waals surface area contributed by atoms with E-state index in [-0.39, 0.29) is 5.54 Å². The number of para-hydroxylation sites is 1.